The topological polar surface area (TPSA) is 98.7 Å². The Morgan fingerprint density at radius 1 is 1.28 bits per heavy atom. The molecule has 0 unspecified atom stereocenters. The monoisotopic (exact) mass is 443 g/mol. The number of allylic oxidation sites excluding steroid dienone is 1. The predicted octanol–water partition coefficient (Wildman–Crippen LogP) is 5.00. The number of aryl methyl sites for hydroxylation is 1. The summed E-state index contributed by atoms with van der Waals surface area (Å²) in [4.78, 5) is 19.4. The second-order valence-electron chi connectivity index (χ2n) is 8.17. The van der Waals surface area contributed by atoms with Crippen molar-refractivity contribution in [2.75, 3.05) is 5.32 Å². The first-order chi connectivity index (χ1) is 15.2. The molecule has 0 bridgehead atoms. The molecule has 10 heteroatoms. The summed E-state index contributed by atoms with van der Waals surface area (Å²) in [5, 5.41) is 8.77. The summed E-state index contributed by atoms with van der Waals surface area (Å²) < 4.78 is 44.9. The number of H-pyrrole nitrogens is 2. The fourth-order valence-corrected chi connectivity index (χ4v) is 3.82. The number of nitrogens with one attached hydrogen (secondary N) is 4. The number of fused-ring (bicyclic) bond motifs is 2. The van der Waals surface area contributed by atoms with Gasteiger partial charge in [-0.2, -0.15) is 18.3 Å². The van der Waals surface area contributed by atoms with E-state index in [0.717, 1.165) is 16.8 Å². The normalized spacial score (nSPS) is 15.2. The van der Waals surface area contributed by atoms with Crippen LogP contribution in [0.2, 0.25) is 0 Å². The number of halogens is 3. The second-order valence-corrected chi connectivity index (χ2v) is 8.17. The van der Waals surface area contributed by atoms with Crippen LogP contribution in [-0.4, -0.2) is 21.3 Å². The van der Waals surface area contributed by atoms with E-state index in [1.54, 1.807) is 12.1 Å². The fraction of sp³-hybridized carbons (Fsp3) is 0.273. The van der Waals surface area contributed by atoms with Crippen LogP contribution in [0, 0.1) is 12.3 Å². The van der Waals surface area contributed by atoms with Gasteiger partial charge in [0.05, 0.1) is 16.4 Å². The van der Waals surface area contributed by atoms with Gasteiger partial charge in [0.25, 0.3) is 5.56 Å². The largest absolute Gasteiger partial charge is 0.399 e. The van der Waals surface area contributed by atoms with Crippen LogP contribution >= 0.6 is 0 Å². The molecule has 1 saturated carbocycles. The highest BCUT2D eigenvalue weighted by Gasteiger charge is 2.65. The Bertz CT molecular complexity index is 1410. The zero-order chi connectivity index (χ0) is 22.7. The lowest BCUT2D eigenvalue weighted by Crippen LogP contribution is -2.32. The van der Waals surface area contributed by atoms with E-state index in [-0.39, 0.29) is 30.6 Å². The number of alkyl halides is 3. The van der Waals surface area contributed by atoms with E-state index in [1.165, 1.54) is 0 Å². The quantitative estimate of drug-likeness (QED) is 0.336. The molecule has 5 rings (SSSR count). The molecule has 4 aromatic rings. The minimum Gasteiger partial charge on any atom is -0.384 e. The number of anilines is 2. The summed E-state index contributed by atoms with van der Waals surface area (Å²) in [6.45, 7) is 5.77. The van der Waals surface area contributed by atoms with Crippen LogP contribution < -0.4 is 16.2 Å². The van der Waals surface area contributed by atoms with Crippen molar-refractivity contribution in [3.05, 3.63) is 64.1 Å². The van der Waals surface area contributed by atoms with Gasteiger partial charge in [-0.15, -0.1) is 0 Å². The molecule has 32 heavy (non-hydrogen) atoms. The third kappa shape index (κ3) is 3.31. The first-order valence-corrected chi connectivity index (χ1v) is 10.0. The zero-order valence-corrected chi connectivity index (χ0v) is 17.1. The molecular formula is C22H20F3N5O2. The maximum atomic E-state index is 13.3. The number of hydrogen-bond donors (Lipinski definition) is 4. The fourth-order valence-electron chi connectivity index (χ4n) is 3.82. The Hall–Kier alpha value is -3.69. The summed E-state index contributed by atoms with van der Waals surface area (Å²) in [6.07, 6.45) is -4.14. The zero-order valence-electron chi connectivity index (χ0n) is 17.1. The lowest BCUT2D eigenvalue weighted by molar-refractivity contribution is -0.176. The SMILES string of the molecule is C=C(NCc1ccc(C)c(Nc2nc3cc4o[nH]c(=O)c4cc3[nH]2)c1)C1(C(F)(F)F)CC1. The van der Waals surface area contributed by atoms with Gasteiger partial charge in [-0.3, -0.25) is 4.79 Å². The van der Waals surface area contributed by atoms with E-state index >= 15 is 0 Å². The highest BCUT2D eigenvalue weighted by atomic mass is 19.4. The van der Waals surface area contributed by atoms with E-state index in [2.05, 4.69) is 32.3 Å². The van der Waals surface area contributed by atoms with Crippen LogP contribution in [0.1, 0.15) is 24.0 Å². The van der Waals surface area contributed by atoms with Crippen LogP contribution in [0.4, 0.5) is 24.8 Å². The van der Waals surface area contributed by atoms with Gasteiger partial charge in [0.2, 0.25) is 5.95 Å². The highest BCUT2D eigenvalue weighted by molar-refractivity contribution is 5.92. The number of aromatic amines is 2. The molecule has 2 aromatic heterocycles. The average Bonchev–Trinajstić information content (AvgIpc) is 3.38. The van der Waals surface area contributed by atoms with Gasteiger partial charge in [0, 0.05) is 24.0 Å². The molecule has 0 atom stereocenters. The molecule has 1 aliphatic rings. The molecule has 0 radical (unpaired) electrons. The van der Waals surface area contributed by atoms with Crippen molar-refractivity contribution < 1.29 is 17.7 Å². The number of aromatic nitrogens is 3. The minimum absolute atomic E-state index is 0.0108. The van der Waals surface area contributed by atoms with Crippen molar-refractivity contribution in [1.29, 1.82) is 0 Å². The van der Waals surface area contributed by atoms with Gasteiger partial charge in [0.15, 0.2) is 5.58 Å². The molecule has 0 aliphatic heterocycles. The molecule has 2 aromatic carbocycles. The maximum absolute atomic E-state index is 13.3. The molecule has 0 spiro atoms. The van der Waals surface area contributed by atoms with Crippen molar-refractivity contribution in [3.8, 4) is 0 Å². The number of benzene rings is 2. The molecule has 1 aliphatic carbocycles. The van der Waals surface area contributed by atoms with Gasteiger partial charge in [-0.05, 0) is 43.0 Å². The lowest BCUT2D eigenvalue weighted by atomic mass is 10.0. The summed E-state index contributed by atoms with van der Waals surface area (Å²) in [5.74, 6) is 0.468. The van der Waals surface area contributed by atoms with Crippen molar-refractivity contribution in [2.45, 2.75) is 32.5 Å². The van der Waals surface area contributed by atoms with Gasteiger partial charge < -0.3 is 20.1 Å². The Labute approximate surface area is 179 Å². The van der Waals surface area contributed by atoms with Crippen LogP contribution in [0.3, 0.4) is 0 Å². The van der Waals surface area contributed by atoms with E-state index < -0.39 is 11.6 Å². The Morgan fingerprint density at radius 2 is 2.06 bits per heavy atom. The van der Waals surface area contributed by atoms with Crippen LogP contribution in [0.15, 0.2) is 51.9 Å². The van der Waals surface area contributed by atoms with Crippen molar-refractivity contribution in [3.63, 3.8) is 0 Å². The Kier molecular flexibility index (Phi) is 4.37. The van der Waals surface area contributed by atoms with E-state index in [4.69, 9.17) is 4.52 Å². The molecule has 2 heterocycles. The summed E-state index contributed by atoms with van der Waals surface area (Å²) in [7, 11) is 0. The standard InChI is InChI=1S/C22H20F3N5O2/c1-11-3-4-13(10-26-12(2)21(5-6-21)22(23,24)25)7-15(11)27-20-28-16-8-14-18(9-17(16)29-20)32-30-19(14)31/h3-4,7-9,26H,2,5-6,10H2,1H3,(H,30,31)(H2,27,28,29). The Balaban J connectivity index is 1.34. The van der Waals surface area contributed by atoms with E-state index in [9.17, 15) is 18.0 Å². The highest BCUT2D eigenvalue weighted by Crippen LogP contribution is 2.61. The summed E-state index contributed by atoms with van der Waals surface area (Å²) in [5.41, 5.74) is 2.10. The van der Waals surface area contributed by atoms with Gasteiger partial charge in [-0.25, -0.2) is 4.98 Å². The molecule has 1 fully saturated rings. The number of hydrogen-bond acceptors (Lipinski definition) is 5. The smallest absolute Gasteiger partial charge is 0.384 e. The molecule has 166 valence electrons. The Morgan fingerprint density at radius 3 is 2.78 bits per heavy atom. The predicted molar refractivity (Wildman–Crippen MR) is 115 cm³/mol. The first-order valence-electron chi connectivity index (χ1n) is 10.0. The maximum Gasteiger partial charge on any atom is 0.399 e. The molecule has 7 nitrogen and oxygen atoms in total. The van der Waals surface area contributed by atoms with Crippen molar-refractivity contribution in [1.82, 2.24) is 20.4 Å². The summed E-state index contributed by atoms with van der Waals surface area (Å²) in [6, 6.07) is 8.92. The van der Waals surface area contributed by atoms with Gasteiger partial charge in [0.1, 0.15) is 5.41 Å². The van der Waals surface area contributed by atoms with Crippen LogP contribution in [0.25, 0.3) is 22.0 Å². The van der Waals surface area contributed by atoms with Crippen molar-refractivity contribution >= 4 is 33.6 Å². The lowest BCUT2D eigenvalue weighted by Gasteiger charge is -2.23. The second kappa shape index (κ2) is 6.91. The number of rotatable bonds is 6. The third-order valence-electron chi connectivity index (χ3n) is 6.01. The molecule has 4 N–H and O–H groups in total. The van der Waals surface area contributed by atoms with Crippen molar-refractivity contribution in [2.24, 2.45) is 5.41 Å². The van der Waals surface area contributed by atoms with E-state index in [1.807, 2.05) is 25.1 Å². The molecule has 0 saturated heterocycles. The molecule has 0 amide bonds. The number of nitrogens with zero attached hydrogens (tertiary/aromatic N) is 1. The van der Waals surface area contributed by atoms with Crippen LogP contribution in [0.5, 0.6) is 0 Å². The van der Waals surface area contributed by atoms with Gasteiger partial charge in [-0.1, -0.05) is 18.7 Å². The average molecular weight is 443 g/mol. The van der Waals surface area contributed by atoms with Crippen LogP contribution in [-0.2, 0) is 6.54 Å². The van der Waals surface area contributed by atoms with Gasteiger partial charge >= 0.3 is 6.18 Å². The number of imidazole rings is 1. The minimum atomic E-state index is -4.29. The third-order valence-corrected chi connectivity index (χ3v) is 6.01. The molecular weight excluding hydrogens is 423 g/mol. The first kappa shape index (κ1) is 20.2. The summed E-state index contributed by atoms with van der Waals surface area (Å²) >= 11 is 0. The van der Waals surface area contributed by atoms with E-state index in [0.29, 0.717) is 28.0 Å².